The molecule has 0 heterocycles. The third-order valence-electron chi connectivity index (χ3n) is 4.16. The van der Waals surface area contributed by atoms with Crippen molar-refractivity contribution >= 4 is 0 Å². The Morgan fingerprint density at radius 2 is 1.56 bits per heavy atom. The highest BCUT2D eigenvalue weighted by Crippen LogP contribution is 2.13. The largest absolute Gasteiger partial charge is 0.394 e. The zero-order valence-electron chi connectivity index (χ0n) is 17.0. The lowest BCUT2D eigenvalue weighted by Crippen LogP contribution is -2.29. The standard InChI is InChI=1S/C20H42O5/c1-5-7-8-19(6-2)15-24-17-20(16-23-11-9-18(3)4)25-14-13-22-12-10-21/h18-21H,5-17H2,1-4H3. The van der Waals surface area contributed by atoms with Gasteiger partial charge in [-0.2, -0.15) is 0 Å². The van der Waals surface area contributed by atoms with Gasteiger partial charge in [-0.05, 0) is 24.7 Å². The topological polar surface area (TPSA) is 57.2 Å². The molecule has 25 heavy (non-hydrogen) atoms. The molecule has 0 spiro atoms. The molecule has 5 nitrogen and oxygen atoms in total. The van der Waals surface area contributed by atoms with Crippen LogP contribution in [0.5, 0.6) is 0 Å². The number of aliphatic hydroxyl groups excluding tert-OH is 1. The van der Waals surface area contributed by atoms with E-state index in [1.807, 2.05) is 0 Å². The average Bonchev–Trinajstić information content (AvgIpc) is 2.60. The van der Waals surface area contributed by atoms with Crippen LogP contribution >= 0.6 is 0 Å². The van der Waals surface area contributed by atoms with Gasteiger partial charge in [0.25, 0.3) is 0 Å². The van der Waals surface area contributed by atoms with Crippen molar-refractivity contribution in [2.75, 3.05) is 52.9 Å². The maximum atomic E-state index is 8.71. The van der Waals surface area contributed by atoms with E-state index < -0.39 is 0 Å². The highest BCUT2D eigenvalue weighted by atomic mass is 16.6. The Morgan fingerprint density at radius 1 is 0.800 bits per heavy atom. The Balaban J connectivity index is 4.03. The molecule has 5 heteroatoms. The number of ether oxygens (including phenoxy) is 4. The summed E-state index contributed by atoms with van der Waals surface area (Å²) in [5, 5.41) is 8.71. The first-order valence-electron chi connectivity index (χ1n) is 10.1. The van der Waals surface area contributed by atoms with E-state index in [0.717, 1.165) is 26.1 Å². The van der Waals surface area contributed by atoms with Gasteiger partial charge in [0.15, 0.2) is 0 Å². The predicted molar refractivity (Wildman–Crippen MR) is 102 cm³/mol. The molecule has 0 saturated heterocycles. The number of rotatable bonds is 19. The van der Waals surface area contributed by atoms with E-state index in [4.69, 9.17) is 24.1 Å². The molecule has 0 aromatic carbocycles. The van der Waals surface area contributed by atoms with E-state index in [9.17, 15) is 0 Å². The van der Waals surface area contributed by atoms with Gasteiger partial charge >= 0.3 is 0 Å². The summed E-state index contributed by atoms with van der Waals surface area (Å²) in [5.41, 5.74) is 0. The van der Waals surface area contributed by atoms with Gasteiger partial charge in [0.2, 0.25) is 0 Å². The highest BCUT2D eigenvalue weighted by Gasteiger charge is 2.13. The Hall–Kier alpha value is -0.200. The van der Waals surface area contributed by atoms with Crippen molar-refractivity contribution in [3.63, 3.8) is 0 Å². The van der Waals surface area contributed by atoms with Gasteiger partial charge in [-0.3, -0.25) is 0 Å². The van der Waals surface area contributed by atoms with Crippen LogP contribution in [0.15, 0.2) is 0 Å². The van der Waals surface area contributed by atoms with E-state index in [1.54, 1.807) is 0 Å². The molecule has 152 valence electrons. The molecule has 0 amide bonds. The van der Waals surface area contributed by atoms with Crippen molar-refractivity contribution < 1.29 is 24.1 Å². The summed E-state index contributed by atoms with van der Waals surface area (Å²) in [6.45, 7) is 12.9. The first kappa shape index (κ1) is 24.8. The Morgan fingerprint density at radius 3 is 2.20 bits per heavy atom. The van der Waals surface area contributed by atoms with E-state index in [-0.39, 0.29) is 12.7 Å². The average molecular weight is 363 g/mol. The first-order valence-corrected chi connectivity index (χ1v) is 10.1. The van der Waals surface area contributed by atoms with Gasteiger partial charge in [-0.1, -0.05) is 47.0 Å². The molecule has 0 rings (SSSR count). The molecule has 0 aromatic rings. The van der Waals surface area contributed by atoms with E-state index in [2.05, 4.69) is 27.7 Å². The van der Waals surface area contributed by atoms with E-state index >= 15 is 0 Å². The molecule has 0 radical (unpaired) electrons. The summed E-state index contributed by atoms with van der Waals surface area (Å²) in [6, 6.07) is 0. The maximum absolute atomic E-state index is 8.71. The third-order valence-corrected chi connectivity index (χ3v) is 4.16. The second-order valence-electron chi connectivity index (χ2n) is 7.04. The fourth-order valence-electron chi connectivity index (χ4n) is 2.38. The monoisotopic (exact) mass is 362 g/mol. The van der Waals surface area contributed by atoms with Gasteiger partial charge in [0.1, 0.15) is 6.10 Å². The number of unbranched alkanes of at least 4 members (excludes halogenated alkanes) is 1. The minimum Gasteiger partial charge on any atom is -0.394 e. The molecule has 1 N–H and O–H groups in total. The molecule has 2 unspecified atom stereocenters. The molecule has 0 aliphatic carbocycles. The van der Waals surface area contributed by atoms with Crippen LogP contribution in [0.2, 0.25) is 0 Å². The second kappa shape index (κ2) is 18.6. The van der Waals surface area contributed by atoms with Gasteiger partial charge in [-0.15, -0.1) is 0 Å². The van der Waals surface area contributed by atoms with Gasteiger partial charge < -0.3 is 24.1 Å². The lowest BCUT2D eigenvalue weighted by molar-refractivity contribution is -0.0792. The lowest BCUT2D eigenvalue weighted by atomic mass is 10.0. The van der Waals surface area contributed by atoms with Crippen LogP contribution in [0.25, 0.3) is 0 Å². The fraction of sp³-hybridized carbons (Fsp3) is 1.00. The normalized spacial score (nSPS) is 14.2. The second-order valence-corrected chi connectivity index (χ2v) is 7.04. The molecule has 2 atom stereocenters. The predicted octanol–water partition coefficient (Wildman–Crippen LogP) is 3.68. The van der Waals surface area contributed by atoms with Crippen LogP contribution < -0.4 is 0 Å². The van der Waals surface area contributed by atoms with Crippen LogP contribution in [0.3, 0.4) is 0 Å². The van der Waals surface area contributed by atoms with E-state index in [0.29, 0.717) is 44.9 Å². The van der Waals surface area contributed by atoms with Crippen LogP contribution in [-0.4, -0.2) is 64.1 Å². The van der Waals surface area contributed by atoms with Crippen LogP contribution in [0.4, 0.5) is 0 Å². The van der Waals surface area contributed by atoms with Gasteiger partial charge in [0.05, 0.1) is 39.6 Å². The summed E-state index contributed by atoms with van der Waals surface area (Å²) in [6.07, 6.45) is 5.89. The smallest absolute Gasteiger partial charge is 0.104 e. The molecule has 0 saturated carbocycles. The summed E-state index contributed by atoms with van der Waals surface area (Å²) >= 11 is 0. The number of hydrogen-bond acceptors (Lipinski definition) is 5. The van der Waals surface area contributed by atoms with Gasteiger partial charge in [0, 0.05) is 13.2 Å². The quantitative estimate of drug-likeness (QED) is 0.355. The molecule has 0 fully saturated rings. The van der Waals surface area contributed by atoms with Crippen molar-refractivity contribution in [1.82, 2.24) is 0 Å². The number of hydrogen-bond donors (Lipinski definition) is 1. The summed E-state index contributed by atoms with van der Waals surface area (Å²) in [5.74, 6) is 1.28. The summed E-state index contributed by atoms with van der Waals surface area (Å²) in [7, 11) is 0. The number of aliphatic hydroxyl groups is 1. The zero-order valence-corrected chi connectivity index (χ0v) is 17.0. The Kier molecular flexibility index (Phi) is 18.4. The molecule has 0 aliphatic rings. The van der Waals surface area contributed by atoms with Crippen molar-refractivity contribution in [3.8, 4) is 0 Å². The Bertz CT molecular complexity index is 260. The fourth-order valence-corrected chi connectivity index (χ4v) is 2.38. The van der Waals surface area contributed by atoms with Crippen LogP contribution in [-0.2, 0) is 18.9 Å². The lowest BCUT2D eigenvalue weighted by Gasteiger charge is -2.21. The molecular weight excluding hydrogens is 320 g/mol. The minimum atomic E-state index is -0.0615. The van der Waals surface area contributed by atoms with Crippen LogP contribution in [0, 0.1) is 11.8 Å². The zero-order chi connectivity index (χ0) is 18.8. The molecule has 0 bridgehead atoms. The van der Waals surface area contributed by atoms with Crippen LogP contribution in [0.1, 0.15) is 59.8 Å². The SMILES string of the molecule is CCCCC(CC)COCC(COCCC(C)C)OCCOCCO. The minimum absolute atomic E-state index is 0.0427. The van der Waals surface area contributed by atoms with Crippen molar-refractivity contribution in [1.29, 1.82) is 0 Å². The first-order chi connectivity index (χ1) is 12.1. The van der Waals surface area contributed by atoms with E-state index in [1.165, 1.54) is 19.3 Å². The summed E-state index contributed by atoms with van der Waals surface area (Å²) < 4.78 is 22.7. The maximum Gasteiger partial charge on any atom is 0.104 e. The van der Waals surface area contributed by atoms with Crippen molar-refractivity contribution in [3.05, 3.63) is 0 Å². The highest BCUT2D eigenvalue weighted by molar-refractivity contribution is 4.60. The van der Waals surface area contributed by atoms with Crippen molar-refractivity contribution in [2.45, 2.75) is 65.9 Å². The molecule has 0 aromatic heterocycles. The summed E-state index contributed by atoms with van der Waals surface area (Å²) in [4.78, 5) is 0. The van der Waals surface area contributed by atoms with Gasteiger partial charge in [-0.25, -0.2) is 0 Å². The molecule has 0 aliphatic heterocycles. The Labute approximate surface area is 155 Å². The third kappa shape index (κ3) is 17.0. The van der Waals surface area contributed by atoms with Crippen molar-refractivity contribution in [2.24, 2.45) is 11.8 Å². The molecular formula is C20H42O5.